The summed E-state index contributed by atoms with van der Waals surface area (Å²) in [4.78, 5) is 11.5. The van der Waals surface area contributed by atoms with Gasteiger partial charge in [-0.1, -0.05) is 31.5 Å². The van der Waals surface area contributed by atoms with E-state index in [1.807, 2.05) is 0 Å². The fourth-order valence-electron chi connectivity index (χ4n) is 2.08. The van der Waals surface area contributed by atoms with Gasteiger partial charge < -0.3 is 8.92 Å². The molecular weight excluding hydrogens is 316 g/mol. The standard InChI is InChI=1S/C17H18O5S/c1-3-5-13-8-10-16(11-9-13)23(19,20)22-15-7-4-6-14(12-15)17(18)21-2/h4,6-12H,3,5H2,1-2H3. The number of hydrogen-bond donors (Lipinski definition) is 0. The normalized spacial score (nSPS) is 11.0. The lowest BCUT2D eigenvalue weighted by molar-refractivity contribution is 0.0600. The predicted molar refractivity (Wildman–Crippen MR) is 86.0 cm³/mol. The van der Waals surface area contributed by atoms with E-state index < -0.39 is 16.1 Å². The number of carbonyl (C=O) groups is 1. The van der Waals surface area contributed by atoms with Gasteiger partial charge in [0, 0.05) is 0 Å². The van der Waals surface area contributed by atoms with Crippen molar-refractivity contribution in [1.29, 1.82) is 0 Å². The van der Waals surface area contributed by atoms with Crippen LogP contribution in [0.25, 0.3) is 0 Å². The lowest BCUT2D eigenvalue weighted by Crippen LogP contribution is -2.10. The van der Waals surface area contributed by atoms with Crippen molar-refractivity contribution in [2.45, 2.75) is 24.7 Å². The third kappa shape index (κ3) is 4.32. The monoisotopic (exact) mass is 334 g/mol. The van der Waals surface area contributed by atoms with Gasteiger partial charge in [0.25, 0.3) is 0 Å². The van der Waals surface area contributed by atoms with E-state index in [1.54, 1.807) is 12.1 Å². The second kappa shape index (κ2) is 7.28. The van der Waals surface area contributed by atoms with Crippen LogP contribution in [0.3, 0.4) is 0 Å². The minimum absolute atomic E-state index is 0.0607. The third-order valence-electron chi connectivity index (χ3n) is 3.21. The fourth-order valence-corrected chi connectivity index (χ4v) is 3.00. The Balaban J connectivity index is 2.22. The van der Waals surface area contributed by atoms with E-state index in [9.17, 15) is 13.2 Å². The molecule has 0 heterocycles. The van der Waals surface area contributed by atoms with Crippen molar-refractivity contribution in [3.63, 3.8) is 0 Å². The molecule has 0 fully saturated rings. The summed E-state index contributed by atoms with van der Waals surface area (Å²) in [6.45, 7) is 2.06. The van der Waals surface area contributed by atoms with Gasteiger partial charge in [-0.3, -0.25) is 0 Å². The number of hydrogen-bond acceptors (Lipinski definition) is 5. The zero-order valence-corrected chi connectivity index (χ0v) is 13.8. The highest BCUT2D eigenvalue weighted by Crippen LogP contribution is 2.21. The van der Waals surface area contributed by atoms with Crippen LogP contribution in [0.1, 0.15) is 29.3 Å². The first-order valence-corrected chi connectivity index (χ1v) is 8.59. The van der Waals surface area contributed by atoms with E-state index in [4.69, 9.17) is 4.18 Å². The number of benzene rings is 2. The summed E-state index contributed by atoms with van der Waals surface area (Å²) in [6.07, 6.45) is 1.88. The summed E-state index contributed by atoms with van der Waals surface area (Å²) >= 11 is 0. The van der Waals surface area contributed by atoms with Crippen molar-refractivity contribution >= 4 is 16.1 Å². The molecule has 0 atom stereocenters. The van der Waals surface area contributed by atoms with Gasteiger partial charge in [0.15, 0.2) is 0 Å². The molecule has 2 rings (SSSR count). The topological polar surface area (TPSA) is 69.7 Å². The van der Waals surface area contributed by atoms with Crippen LogP contribution < -0.4 is 4.18 Å². The quantitative estimate of drug-likeness (QED) is 0.599. The number of carbonyl (C=O) groups excluding carboxylic acids is 1. The minimum Gasteiger partial charge on any atom is -0.465 e. The van der Waals surface area contributed by atoms with E-state index in [0.29, 0.717) is 0 Å². The highest BCUT2D eigenvalue weighted by atomic mass is 32.2. The lowest BCUT2D eigenvalue weighted by atomic mass is 10.1. The molecule has 23 heavy (non-hydrogen) atoms. The van der Waals surface area contributed by atoms with Crippen LogP contribution in [0.4, 0.5) is 0 Å². The molecule has 122 valence electrons. The van der Waals surface area contributed by atoms with E-state index in [2.05, 4.69) is 11.7 Å². The summed E-state index contributed by atoms with van der Waals surface area (Å²) < 4.78 is 34.3. The molecule has 5 nitrogen and oxygen atoms in total. The number of ether oxygens (including phenoxy) is 1. The van der Waals surface area contributed by atoms with Crippen LogP contribution in [-0.2, 0) is 21.3 Å². The summed E-state index contributed by atoms with van der Waals surface area (Å²) in [5.41, 5.74) is 1.29. The molecule has 0 spiro atoms. The third-order valence-corrected chi connectivity index (χ3v) is 4.47. The number of aryl methyl sites for hydroxylation is 1. The molecule has 2 aromatic rings. The van der Waals surface area contributed by atoms with Gasteiger partial charge in [-0.15, -0.1) is 0 Å². The molecule has 6 heteroatoms. The highest BCUT2D eigenvalue weighted by Gasteiger charge is 2.17. The molecule has 0 aliphatic rings. The maximum absolute atomic E-state index is 12.3. The van der Waals surface area contributed by atoms with E-state index >= 15 is 0 Å². The fraction of sp³-hybridized carbons (Fsp3) is 0.235. The number of rotatable bonds is 6. The van der Waals surface area contributed by atoms with Crippen LogP contribution in [0.2, 0.25) is 0 Å². The Bertz CT molecular complexity index is 779. The number of esters is 1. The van der Waals surface area contributed by atoms with E-state index in [-0.39, 0.29) is 16.2 Å². The average molecular weight is 334 g/mol. The van der Waals surface area contributed by atoms with Crippen molar-refractivity contribution in [2.24, 2.45) is 0 Å². The Kier molecular flexibility index (Phi) is 5.39. The van der Waals surface area contributed by atoms with Gasteiger partial charge in [0.1, 0.15) is 10.6 Å². The second-order valence-corrected chi connectivity index (χ2v) is 6.50. The van der Waals surface area contributed by atoms with Crippen LogP contribution in [0.15, 0.2) is 53.4 Å². The van der Waals surface area contributed by atoms with Crippen LogP contribution in [0, 0.1) is 0 Å². The Morgan fingerprint density at radius 1 is 1.09 bits per heavy atom. The Labute approximate surface area is 136 Å². The zero-order valence-electron chi connectivity index (χ0n) is 13.0. The van der Waals surface area contributed by atoms with Crippen molar-refractivity contribution < 1.29 is 22.1 Å². The highest BCUT2D eigenvalue weighted by molar-refractivity contribution is 7.87. The molecule has 0 amide bonds. The van der Waals surface area contributed by atoms with Gasteiger partial charge in [-0.05, 0) is 42.3 Å². The summed E-state index contributed by atoms with van der Waals surface area (Å²) in [5.74, 6) is -0.498. The van der Waals surface area contributed by atoms with Gasteiger partial charge >= 0.3 is 16.1 Å². The lowest BCUT2D eigenvalue weighted by Gasteiger charge is -2.08. The molecule has 0 aromatic heterocycles. The Morgan fingerprint density at radius 2 is 1.78 bits per heavy atom. The molecule has 0 radical (unpaired) electrons. The zero-order chi connectivity index (χ0) is 16.9. The smallest absolute Gasteiger partial charge is 0.339 e. The molecule has 0 saturated carbocycles. The van der Waals surface area contributed by atoms with Crippen molar-refractivity contribution in [2.75, 3.05) is 7.11 Å². The summed E-state index contributed by atoms with van der Waals surface area (Å²) in [6, 6.07) is 12.4. The van der Waals surface area contributed by atoms with Crippen molar-refractivity contribution in [3.8, 4) is 5.75 Å². The van der Waals surface area contributed by atoms with Crippen molar-refractivity contribution in [1.82, 2.24) is 0 Å². The van der Waals surface area contributed by atoms with Gasteiger partial charge in [0.2, 0.25) is 0 Å². The molecular formula is C17H18O5S. The van der Waals surface area contributed by atoms with Gasteiger partial charge in [-0.25, -0.2) is 4.79 Å². The number of methoxy groups -OCH3 is 1. The van der Waals surface area contributed by atoms with E-state index in [1.165, 1.54) is 43.5 Å². The molecule has 2 aromatic carbocycles. The van der Waals surface area contributed by atoms with Gasteiger partial charge in [0.05, 0.1) is 12.7 Å². The predicted octanol–water partition coefficient (Wildman–Crippen LogP) is 3.19. The Hall–Kier alpha value is -2.34. The maximum Gasteiger partial charge on any atom is 0.339 e. The molecule has 0 bridgehead atoms. The van der Waals surface area contributed by atoms with Crippen molar-refractivity contribution in [3.05, 3.63) is 59.7 Å². The SMILES string of the molecule is CCCc1ccc(S(=O)(=O)Oc2cccc(C(=O)OC)c2)cc1. The van der Waals surface area contributed by atoms with Crippen LogP contribution >= 0.6 is 0 Å². The first kappa shape index (κ1) is 17.0. The molecule has 0 aliphatic carbocycles. The van der Waals surface area contributed by atoms with Crippen LogP contribution in [0.5, 0.6) is 5.75 Å². The van der Waals surface area contributed by atoms with Gasteiger partial charge in [-0.2, -0.15) is 8.42 Å². The maximum atomic E-state index is 12.3. The minimum atomic E-state index is -3.95. The summed E-state index contributed by atoms with van der Waals surface area (Å²) in [7, 11) is -2.69. The first-order chi connectivity index (χ1) is 11.0. The van der Waals surface area contributed by atoms with E-state index in [0.717, 1.165) is 18.4 Å². The average Bonchev–Trinajstić information content (AvgIpc) is 2.55. The summed E-state index contributed by atoms with van der Waals surface area (Å²) in [5, 5.41) is 0. The molecule has 0 saturated heterocycles. The molecule has 0 unspecified atom stereocenters. The largest absolute Gasteiger partial charge is 0.465 e. The molecule has 0 N–H and O–H groups in total. The molecule has 0 aliphatic heterocycles. The second-order valence-electron chi connectivity index (χ2n) is 4.95. The first-order valence-electron chi connectivity index (χ1n) is 7.18. The van der Waals surface area contributed by atoms with Crippen LogP contribution in [-0.4, -0.2) is 21.5 Å². The Morgan fingerprint density at radius 3 is 2.39 bits per heavy atom.